The molecule has 0 saturated carbocycles. The number of anilines is 2. The predicted molar refractivity (Wildman–Crippen MR) is 64.3 cm³/mol. The summed E-state index contributed by atoms with van der Waals surface area (Å²) in [6.45, 7) is 0. The van der Waals surface area contributed by atoms with Gasteiger partial charge in [-0.15, -0.1) is 11.8 Å². The van der Waals surface area contributed by atoms with Gasteiger partial charge < -0.3 is 5.32 Å². The van der Waals surface area contributed by atoms with Gasteiger partial charge in [0.05, 0.1) is 23.4 Å². The van der Waals surface area contributed by atoms with E-state index < -0.39 is 10.0 Å². The maximum absolute atomic E-state index is 11.2. The molecule has 0 fully saturated rings. The summed E-state index contributed by atoms with van der Waals surface area (Å²) in [6, 6.07) is 5.07. The van der Waals surface area contributed by atoms with Crippen molar-refractivity contribution < 1.29 is 13.2 Å². The van der Waals surface area contributed by atoms with E-state index in [9.17, 15) is 13.2 Å². The zero-order valence-corrected chi connectivity index (χ0v) is 10.1. The molecule has 0 radical (unpaired) electrons. The van der Waals surface area contributed by atoms with E-state index in [-0.39, 0.29) is 5.91 Å². The molecule has 1 aliphatic heterocycles. The van der Waals surface area contributed by atoms with E-state index in [2.05, 4.69) is 10.0 Å². The van der Waals surface area contributed by atoms with Crippen molar-refractivity contribution in [1.29, 1.82) is 0 Å². The Balaban J connectivity index is 2.31. The minimum Gasteiger partial charge on any atom is -0.324 e. The van der Waals surface area contributed by atoms with Crippen LogP contribution in [0.5, 0.6) is 0 Å². The first-order chi connectivity index (χ1) is 7.44. The first-order valence-corrected chi connectivity index (χ1v) is 7.36. The average molecular weight is 258 g/mol. The van der Waals surface area contributed by atoms with E-state index in [1.54, 1.807) is 18.2 Å². The highest BCUT2D eigenvalue weighted by Crippen LogP contribution is 2.33. The number of amides is 1. The molecular weight excluding hydrogens is 248 g/mol. The Morgan fingerprint density at radius 1 is 1.44 bits per heavy atom. The smallest absolute Gasteiger partial charge is 0.234 e. The highest BCUT2D eigenvalue weighted by Gasteiger charge is 2.15. The van der Waals surface area contributed by atoms with E-state index in [0.717, 1.165) is 11.2 Å². The van der Waals surface area contributed by atoms with Crippen molar-refractivity contribution in [3.05, 3.63) is 18.2 Å². The molecule has 0 aliphatic carbocycles. The third-order valence-corrected chi connectivity index (χ3v) is 3.60. The topological polar surface area (TPSA) is 75.3 Å². The Morgan fingerprint density at radius 3 is 2.88 bits per heavy atom. The van der Waals surface area contributed by atoms with E-state index in [4.69, 9.17) is 0 Å². The Morgan fingerprint density at radius 2 is 2.19 bits per heavy atom. The van der Waals surface area contributed by atoms with Crippen LogP contribution in [-0.2, 0) is 14.8 Å². The first kappa shape index (κ1) is 11.3. The monoisotopic (exact) mass is 258 g/mol. The fourth-order valence-electron chi connectivity index (χ4n) is 1.36. The number of hydrogen-bond donors (Lipinski definition) is 2. The molecule has 16 heavy (non-hydrogen) atoms. The maximum Gasteiger partial charge on any atom is 0.234 e. The molecule has 0 spiro atoms. The van der Waals surface area contributed by atoms with Crippen LogP contribution >= 0.6 is 11.8 Å². The van der Waals surface area contributed by atoms with Crippen LogP contribution in [0.25, 0.3) is 0 Å². The highest BCUT2D eigenvalue weighted by atomic mass is 32.2. The molecule has 1 heterocycles. The lowest BCUT2D eigenvalue weighted by molar-refractivity contribution is -0.113. The number of rotatable bonds is 2. The standard InChI is InChI=1S/C9H10N2O3S2/c1-16(13,14)11-6-2-3-8-7(4-6)10-9(12)5-15-8/h2-4,11H,5H2,1H3,(H,10,12). The molecule has 7 heteroatoms. The molecule has 86 valence electrons. The van der Waals surface area contributed by atoms with Crippen molar-refractivity contribution >= 4 is 39.1 Å². The van der Waals surface area contributed by atoms with Crippen LogP contribution < -0.4 is 10.0 Å². The average Bonchev–Trinajstić information content (AvgIpc) is 2.14. The molecule has 2 rings (SSSR count). The Hall–Kier alpha value is -1.21. The van der Waals surface area contributed by atoms with Crippen LogP contribution in [0.1, 0.15) is 0 Å². The summed E-state index contributed by atoms with van der Waals surface area (Å²) in [7, 11) is -3.29. The van der Waals surface area contributed by atoms with Gasteiger partial charge in [0.15, 0.2) is 0 Å². The Bertz CT molecular complexity index is 540. The molecule has 1 aromatic carbocycles. The summed E-state index contributed by atoms with van der Waals surface area (Å²) in [5.41, 5.74) is 1.10. The number of sulfonamides is 1. The van der Waals surface area contributed by atoms with Crippen molar-refractivity contribution in [2.75, 3.05) is 22.0 Å². The van der Waals surface area contributed by atoms with Gasteiger partial charge in [0.25, 0.3) is 0 Å². The molecule has 1 amide bonds. The molecule has 0 aromatic heterocycles. The normalized spacial score (nSPS) is 15.2. The maximum atomic E-state index is 11.2. The van der Waals surface area contributed by atoms with Crippen LogP contribution in [0.2, 0.25) is 0 Å². The van der Waals surface area contributed by atoms with Crippen LogP contribution in [-0.4, -0.2) is 26.3 Å². The zero-order valence-electron chi connectivity index (χ0n) is 8.48. The lowest BCUT2D eigenvalue weighted by Crippen LogP contribution is -2.19. The molecule has 0 atom stereocenters. The van der Waals surface area contributed by atoms with E-state index in [1.165, 1.54) is 11.8 Å². The molecule has 0 saturated heterocycles. The highest BCUT2D eigenvalue weighted by molar-refractivity contribution is 8.00. The van der Waals surface area contributed by atoms with Gasteiger partial charge in [-0.05, 0) is 18.2 Å². The van der Waals surface area contributed by atoms with E-state index in [0.29, 0.717) is 17.1 Å². The number of carbonyl (C=O) groups excluding carboxylic acids is 1. The zero-order chi connectivity index (χ0) is 11.8. The molecular formula is C9H10N2O3S2. The summed E-state index contributed by atoms with van der Waals surface area (Å²) in [6.07, 6.45) is 1.08. The van der Waals surface area contributed by atoms with Gasteiger partial charge in [0.1, 0.15) is 0 Å². The number of benzene rings is 1. The number of hydrogen-bond acceptors (Lipinski definition) is 4. The van der Waals surface area contributed by atoms with Gasteiger partial charge in [0, 0.05) is 4.90 Å². The third-order valence-electron chi connectivity index (χ3n) is 1.92. The van der Waals surface area contributed by atoms with Gasteiger partial charge >= 0.3 is 0 Å². The lowest BCUT2D eigenvalue weighted by Gasteiger charge is -2.17. The van der Waals surface area contributed by atoms with Crippen LogP contribution in [0.4, 0.5) is 11.4 Å². The van der Waals surface area contributed by atoms with Crippen molar-refractivity contribution in [2.24, 2.45) is 0 Å². The fraction of sp³-hybridized carbons (Fsp3) is 0.222. The van der Waals surface area contributed by atoms with Crippen molar-refractivity contribution in [2.45, 2.75) is 4.90 Å². The minimum atomic E-state index is -3.29. The number of fused-ring (bicyclic) bond motifs is 1. The second kappa shape index (κ2) is 3.99. The largest absolute Gasteiger partial charge is 0.324 e. The third kappa shape index (κ3) is 2.67. The molecule has 5 nitrogen and oxygen atoms in total. The van der Waals surface area contributed by atoms with Crippen molar-refractivity contribution in [3.8, 4) is 0 Å². The summed E-state index contributed by atoms with van der Waals surface area (Å²) >= 11 is 1.43. The SMILES string of the molecule is CS(=O)(=O)Nc1ccc2c(c1)NC(=O)CS2. The number of carbonyl (C=O) groups is 1. The van der Waals surface area contributed by atoms with Crippen molar-refractivity contribution in [3.63, 3.8) is 0 Å². The van der Waals surface area contributed by atoms with Gasteiger partial charge in [-0.1, -0.05) is 0 Å². The molecule has 0 unspecified atom stereocenters. The van der Waals surface area contributed by atoms with Crippen LogP contribution in [0.15, 0.2) is 23.1 Å². The van der Waals surface area contributed by atoms with Gasteiger partial charge in [-0.25, -0.2) is 8.42 Å². The summed E-state index contributed by atoms with van der Waals surface area (Å²) in [5.74, 6) is 0.320. The first-order valence-electron chi connectivity index (χ1n) is 4.48. The van der Waals surface area contributed by atoms with Crippen LogP contribution in [0.3, 0.4) is 0 Å². The second-order valence-electron chi connectivity index (χ2n) is 3.42. The molecule has 0 bridgehead atoms. The van der Waals surface area contributed by atoms with Gasteiger partial charge in [-0.3, -0.25) is 9.52 Å². The van der Waals surface area contributed by atoms with E-state index >= 15 is 0 Å². The summed E-state index contributed by atoms with van der Waals surface area (Å²) in [5, 5.41) is 2.69. The Kier molecular flexibility index (Phi) is 2.81. The number of nitrogens with one attached hydrogen (secondary N) is 2. The Labute approximate surface area is 97.7 Å². The summed E-state index contributed by atoms with van der Waals surface area (Å²) in [4.78, 5) is 12.1. The molecule has 1 aromatic rings. The van der Waals surface area contributed by atoms with Crippen LogP contribution in [0, 0.1) is 0 Å². The second-order valence-corrected chi connectivity index (χ2v) is 6.19. The summed E-state index contributed by atoms with van der Waals surface area (Å²) < 4.78 is 24.4. The van der Waals surface area contributed by atoms with Gasteiger partial charge in [-0.2, -0.15) is 0 Å². The molecule has 2 N–H and O–H groups in total. The lowest BCUT2D eigenvalue weighted by atomic mass is 10.3. The predicted octanol–water partition coefficient (Wildman–Crippen LogP) is 1.10. The number of thioether (sulfide) groups is 1. The molecule has 1 aliphatic rings. The van der Waals surface area contributed by atoms with Gasteiger partial charge in [0.2, 0.25) is 15.9 Å². The fourth-order valence-corrected chi connectivity index (χ4v) is 2.70. The quantitative estimate of drug-likeness (QED) is 0.833. The van der Waals surface area contributed by atoms with E-state index in [1.807, 2.05) is 0 Å². The minimum absolute atomic E-state index is 0.0750. The van der Waals surface area contributed by atoms with Crippen molar-refractivity contribution in [1.82, 2.24) is 0 Å².